The first-order chi connectivity index (χ1) is 10.0. The lowest BCUT2D eigenvalue weighted by Crippen LogP contribution is -2.40. The summed E-state index contributed by atoms with van der Waals surface area (Å²) in [5.41, 5.74) is 0.0610. The number of hydrogen-bond acceptors (Lipinski definition) is 4. The van der Waals surface area contributed by atoms with Gasteiger partial charge in [-0.25, -0.2) is 0 Å². The van der Waals surface area contributed by atoms with Crippen molar-refractivity contribution in [3.63, 3.8) is 0 Å². The number of aromatic amines is 1. The predicted octanol–water partition coefficient (Wildman–Crippen LogP) is 1.38. The molecule has 6 nitrogen and oxygen atoms in total. The summed E-state index contributed by atoms with van der Waals surface area (Å²) in [6, 6.07) is 6.28. The molecular weight excluding hydrogens is 272 g/mol. The maximum absolute atomic E-state index is 12.1. The number of rotatable bonds is 5. The lowest BCUT2D eigenvalue weighted by molar-refractivity contribution is 0.0915. The molecule has 2 aromatic heterocycles. The van der Waals surface area contributed by atoms with Crippen molar-refractivity contribution >= 4 is 5.91 Å². The molecule has 0 spiro atoms. The van der Waals surface area contributed by atoms with Crippen LogP contribution in [0, 0.1) is 5.92 Å². The molecule has 0 fully saturated rings. The minimum Gasteiger partial charge on any atom is -0.463 e. The smallest absolute Gasteiger partial charge is 0.261 e. The highest BCUT2D eigenvalue weighted by molar-refractivity contribution is 5.94. The zero-order chi connectivity index (χ0) is 15.4. The first-order valence-corrected chi connectivity index (χ1v) is 6.72. The fourth-order valence-corrected chi connectivity index (χ4v) is 1.81. The Bertz CT molecular complexity index is 661. The number of amides is 1. The van der Waals surface area contributed by atoms with E-state index in [9.17, 15) is 9.59 Å². The Morgan fingerprint density at radius 3 is 2.71 bits per heavy atom. The Morgan fingerprint density at radius 2 is 2.14 bits per heavy atom. The summed E-state index contributed by atoms with van der Waals surface area (Å²) >= 11 is 0. The van der Waals surface area contributed by atoms with Crippen molar-refractivity contribution in [2.45, 2.75) is 19.9 Å². The van der Waals surface area contributed by atoms with Gasteiger partial charge in [-0.1, -0.05) is 6.92 Å². The average Bonchev–Trinajstić information content (AvgIpc) is 3.00. The molecule has 1 amide bonds. The van der Waals surface area contributed by atoms with Crippen LogP contribution >= 0.6 is 0 Å². The van der Waals surface area contributed by atoms with Gasteiger partial charge in [-0.3, -0.25) is 9.59 Å². The van der Waals surface area contributed by atoms with E-state index in [2.05, 4.69) is 10.3 Å². The Morgan fingerprint density at radius 1 is 1.38 bits per heavy atom. The molecule has 2 heterocycles. The molecule has 0 saturated carbocycles. The summed E-state index contributed by atoms with van der Waals surface area (Å²) in [7, 11) is 0. The van der Waals surface area contributed by atoms with E-state index in [0.29, 0.717) is 11.5 Å². The van der Waals surface area contributed by atoms with Crippen LogP contribution in [0.1, 0.15) is 24.2 Å². The van der Waals surface area contributed by atoms with Crippen LogP contribution in [-0.4, -0.2) is 28.6 Å². The van der Waals surface area contributed by atoms with Crippen molar-refractivity contribution in [3.05, 3.63) is 46.4 Å². The van der Waals surface area contributed by atoms with Crippen molar-refractivity contribution in [2.24, 2.45) is 5.92 Å². The molecule has 0 aliphatic carbocycles. The molecule has 0 radical (unpaired) electrons. The minimum absolute atomic E-state index is 0.0299. The number of nitrogens with one attached hydrogen (secondary N) is 2. The van der Waals surface area contributed by atoms with Gasteiger partial charge in [0.15, 0.2) is 0 Å². The third-order valence-corrected chi connectivity index (χ3v) is 3.44. The van der Waals surface area contributed by atoms with Crippen molar-refractivity contribution in [1.82, 2.24) is 10.3 Å². The van der Waals surface area contributed by atoms with Crippen LogP contribution in [-0.2, 0) is 0 Å². The predicted molar refractivity (Wildman–Crippen MR) is 77.9 cm³/mol. The molecule has 0 aliphatic rings. The third-order valence-electron chi connectivity index (χ3n) is 3.44. The second-order valence-corrected chi connectivity index (χ2v) is 5.01. The van der Waals surface area contributed by atoms with Crippen molar-refractivity contribution in [3.8, 4) is 11.5 Å². The number of aliphatic hydroxyl groups excluding tert-OH is 1. The summed E-state index contributed by atoms with van der Waals surface area (Å²) in [5.74, 6) is -0.0215. The molecule has 3 N–H and O–H groups in total. The summed E-state index contributed by atoms with van der Waals surface area (Å²) in [6.07, 6.45) is 1.51. The maximum Gasteiger partial charge on any atom is 0.261 e. The molecule has 21 heavy (non-hydrogen) atoms. The van der Waals surface area contributed by atoms with Crippen LogP contribution in [0.3, 0.4) is 0 Å². The van der Waals surface area contributed by atoms with Crippen LogP contribution < -0.4 is 10.9 Å². The number of aliphatic hydroxyl groups is 1. The molecule has 0 bridgehead atoms. The van der Waals surface area contributed by atoms with E-state index in [0.717, 1.165) is 0 Å². The van der Waals surface area contributed by atoms with Crippen LogP contribution in [0.2, 0.25) is 0 Å². The molecule has 112 valence electrons. The first kappa shape index (κ1) is 15.1. The lowest BCUT2D eigenvalue weighted by atomic mass is 10.0. The van der Waals surface area contributed by atoms with Gasteiger partial charge in [-0.05, 0) is 37.1 Å². The van der Waals surface area contributed by atoms with Gasteiger partial charge in [0.05, 0.1) is 12.0 Å². The van der Waals surface area contributed by atoms with Gasteiger partial charge in [0.2, 0.25) is 0 Å². The highest BCUT2D eigenvalue weighted by Crippen LogP contribution is 2.15. The topological polar surface area (TPSA) is 95.3 Å². The number of H-pyrrole nitrogens is 1. The molecule has 2 rings (SSSR count). The normalized spacial score (nSPS) is 13.7. The SMILES string of the molecule is CC(CO)C(C)NC(=O)c1ccc(-c2ccco2)[nH]c1=O. The van der Waals surface area contributed by atoms with Crippen LogP contribution in [0.15, 0.2) is 39.7 Å². The van der Waals surface area contributed by atoms with Crippen molar-refractivity contribution in [1.29, 1.82) is 0 Å². The molecule has 2 unspecified atom stereocenters. The Kier molecular flexibility index (Phi) is 4.59. The number of aromatic nitrogens is 1. The summed E-state index contributed by atoms with van der Waals surface area (Å²) in [4.78, 5) is 26.7. The van der Waals surface area contributed by atoms with E-state index >= 15 is 0 Å². The van der Waals surface area contributed by atoms with Gasteiger partial charge >= 0.3 is 0 Å². The maximum atomic E-state index is 12.1. The van der Waals surface area contributed by atoms with Gasteiger partial charge < -0.3 is 19.8 Å². The number of hydrogen-bond donors (Lipinski definition) is 3. The van der Waals surface area contributed by atoms with Crippen LogP contribution in [0.5, 0.6) is 0 Å². The van der Waals surface area contributed by atoms with Crippen LogP contribution in [0.4, 0.5) is 0 Å². The fourth-order valence-electron chi connectivity index (χ4n) is 1.81. The molecule has 0 aliphatic heterocycles. The van der Waals surface area contributed by atoms with Gasteiger partial charge in [0.1, 0.15) is 11.3 Å². The zero-order valence-corrected chi connectivity index (χ0v) is 11.9. The minimum atomic E-state index is -0.481. The first-order valence-electron chi connectivity index (χ1n) is 6.72. The Labute approximate surface area is 121 Å². The van der Waals surface area contributed by atoms with Crippen molar-refractivity contribution in [2.75, 3.05) is 6.61 Å². The zero-order valence-electron chi connectivity index (χ0n) is 11.9. The average molecular weight is 290 g/mol. The summed E-state index contributed by atoms with van der Waals surface area (Å²) < 4.78 is 5.19. The fraction of sp³-hybridized carbons (Fsp3) is 0.333. The van der Waals surface area contributed by atoms with E-state index < -0.39 is 11.5 Å². The van der Waals surface area contributed by atoms with Gasteiger partial charge in [-0.15, -0.1) is 0 Å². The molecular formula is C15H18N2O4. The van der Waals surface area contributed by atoms with Crippen LogP contribution in [0.25, 0.3) is 11.5 Å². The number of pyridine rings is 1. The second kappa shape index (κ2) is 6.41. The monoisotopic (exact) mass is 290 g/mol. The van der Waals surface area contributed by atoms with Gasteiger partial charge in [0.25, 0.3) is 11.5 Å². The molecule has 0 saturated heterocycles. The highest BCUT2D eigenvalue weighted by atomic mass is 16.3. The second-order valence-electron chi connectivity index (χ2n) is 5.01. The number of furan rings is 1. The third kappa shape index (κ3) is 3.41. The van der Waals surface area contributed by atoms with Gasteiger partial charge in [-0.2, -0.15) is 0 Å². The van der Waals surface area contributed by atoms with E-state index in [-0.39, 0.29) is 24.1 Å². The van der Waals surface area contributed by atoms with E-state index in [1.165, 1.54) is 12.3 Å². The standard InChI is InChI=1S/C15H18N2O4/c1-9(8-18)10(2)16-14(19)11-5-6-12(17-15(11)20)13-4-3-7-21-13/h3-7,9-10,18H,8H2,1-2H3,(H,16,19)(H,17,20). The van der Waals surface area contributed by atoms with E-state index in [1.54, 1.807) is 25.1 Å². The molecule has 0 aromatic carbocycles. The number of carbonyl (C=O) groups is 1. The van der Waals surface area contributed by atoms with Gasteiger partial charge in [0, 0.05) is 12.6 Å². The Hall–Kier alpha value is -2.34. The number of carbonyl (C=O) groups excluding carboxylic acids is 1. The Balaban J connectivity index is 2.18. The molecule has 2 aromatic rings. The molecule has 2 atom stereocenters. The lowest BCUT2D eigenvalue weighted by Gasteiger charge is -2.18. The van der Waals surface area contributed by atoms with E-state index in [1.807, 2.05) is 6.92 Å². The molecule has 6 heteroatoms. The van der Waals surface area contributed by atoms with Crippen molar-refractivity contribution < 1.29 is 14.3 Å². The largest absolute Gasteiger partial charge is 0.463 e. The highest BCUT2D eigenvalue weighted by Gasteiger charge is 2.17. The quantitative estimate of drug-likeness (QED) is 0.775. The summed E-state index contributed by atoms with van der Waals surface area (Å²) in [6.45, 7) is 3.56. The summed E-state index contributed by atoms with van der Waals surface area (Å²) in [5, 5.41) is 11.8. The van der Waals surface area contributed by atoms with E-state index in [4.69, 9.17) is 9.52 Å².